The minimum Gasteiger partial charge on any atom is -0.490 e. The van der Waals surface area contributed by atoms with Gasteiger partial charge in [0.25, 0.3) is 0 Å². The number of sulfonamides is 1. The number of rotatable bonds is 10. The summed E-state index contributed by atoms with van der Waals surface area (Å²) in [6, 6.07) is 11.6. The van der Waals surface area contributed by atoms with Gasteiger partial charge in [-0.3, -0.25) is 9.10 Å². The topological polar surface area (TPSA) is 84.9 Å². The Morgan fingerprint density at radius 1 is 1.03 bits per heavy atom. The number of benzene rings is 2. The highest BCUT2D eigenvalue weighted by Gasteiger charge is 2.28. The van der Waals surface area contributed by atoms with E-state index in [2.05, 4.69) is 5.32 Å². The number of ether oxygens (including phenoxy) is 2. The van der Waals surface area contributed by atoms with Crippen molar-refractivity contribution in [2.24, 2.45) is 0 Å². The molecule has 0 heterocycles. The zero-order chi connectivity index (χ0) is 22.3. The van der Waals surface area contributed by atoms with Crippen molar-refractivity contribution < 1.29 is 22.7 Å². The molecule has 1 unspecified atom stereocenters. The van der Waals surface area contributed by atoms with Gasteiger partial charge in [0.15, 0.2) is 11.5 Å². The van der Waals surface area contributed by atoms with E-state index in [1.807, 2.05) is 45.0 Å². The fraction of sp³-hybridized carbons (Fsp3) is 0.409. The van der Waals surface area contributed by atoms with E-state index >= 15 is 0 Å². The molecule has 7 nitrogen and oxygen atoms in total. The Labute approximate surface area is 179 Å². The van der Waals surface area contributed by atoms with E-state index in [1.165, 1.54) is 0 Å². The summed E-state index contributed by atoms with van der Waals surface area (Å²) in [6.07, 6.45) is 1.09. The van der Waals surface area contributed by atoms with Crippen LogP contribution in [0.4, 0.5) is 5.69 Å². The quantitative estimate of drug-likeness (QED) is 0.620. The van der Waals surface area contributed by atoms with E-state index in [0.29, 0.717) is 30.4 Å². The Hall–Kier alpha value is -2.74. The van der Waals surface area contributed by atoms with Crippen molar-refractivity contribution in [2.45, 2.75) is 40.3 Å². The van der Waals surface area contributed by atoms with Crippen LogP contribution in [0, 0.1) is 6.92 Å². The lowest BCUT2D eigenvalue weighted by Crippen LogP contribution is -2.47. The van der Waals surface area contributed by atoms with Gasteiger partial charge in [0.2, 0.25) is 15.9 Å². The second kappa shape index (κ2) is 10.3. The highest BCUT2D eigenvalue weighted by atomic mass is 32.2. The van der Waals surface area contributed by atoms with Gasteiger partial charge in [-0.25, -0.2) is 8.42 Å². The predicted octanol–water partition coefficient (Wildman–Crippen LogP) is 3.26. The third-order valence-corrected chi connectivity index (χ3v) is 5.69. The molecule has 30 heavy (non-hydrogen) atoms. The Morgan fingerprint density at radius 2 is 1.63 bits per heavy atom. The molecule has 0 radical (unpaired) electrons. The van der Waals surface area contributed by atoms with Crippen LogP contribution in [-0.2, 0) is 21.4 Å². The van der Waals surface area contributed by atoms with Gasteiger partial charge in [-0.2, -0.15) is 0 Å². The summed E-state index contributed by atoms with van der Waals surface area (Å²) in [5.41, 5.74) is 2.28. The molecule has 164 valence electrons. The smallest absolute Gasteiger partial charge is 0.243 e. The Kier molecular flexibility index (Phi) is 8.11. The van der Waals surface area contributed by atoms with Crippen molar-refractivity contribution in [3.63, 3.8) is 0 Å². The molecule has 1 N–H and O–H groups in total. The van der Waals surface area contributed by atoms with Crippen molar-refractivity contribution in [1.82, 2.24) is 5.32 Å². The van der Waals surface area contributed by atoms with Crippen molar-refractivity contribution >= 4 is 21.6 Å². The number of nitrogens with zero attached hydrogens (tertiary/aromatic N) is 1. The maximum Gasteiger partial charge on any atom is 0.243 e. The standard InChI is InChI=1S/C22H30N2O5S/c1-6-28-20-13-10-18(14-21(20)29-7-2)15-23-22(25)17(4)24(30(5,26)27)19-11-8-16(3)9-12-19/h8-14,17H,6-7,15H2,1-5H3,(H,23,25). The first-order valence-electron chi connectivity index (χ1n) is 9.89. The number of carbonyl (C=O) groups excluding carboxylic acids is 1. The Morgan fingerprint density at radius 3 is 2.20 bits per heavy atom. The normalized spacial score (nSPS) is 12.2. The average Bonchev–Trinajstić information content (AvgIpc) is 2.68. The molecule has 0 spiro atoms. The second-order valence-electron chi connectivity index (χ2n) is 6.94. The van der Waals surface area contributed by atoms with Crippen molar-refractivity contribution in [1.29, 1.82) is 0 Å². The molecular formula is C22H30N2O5S. The molecule has 8 heteroatoms. The van der Waals surface area contributed by atoms with Crippen LogP contribution < -0.4 is 19.1 Å². The molecule has 0 bridgehead atoms. The zero-order valence-corrected chi connectivity index (χ0v) is 19.0. The van der Waals surface area contributed by atoms with Gasteiger partial charge in [-0.05, 0) is 57.5 Å². The summed E-state index contributed by atoms with van der Waals surface area (Å²) in [6.45, 7) is 8.52. The number of hydrogen-bond donors (Lipinski definition) is 1. The number of hydrogen-bond acceptors (Lipinski definition) is 5. The Bertz CT molecular complexity index is 958. The number of nitrogens with one attached hydrogen (secondary N) is 1. The predicted molar refractivity (Wildman–Crippen MR) is 119 cm³/mol. The molecule has 0 aliphatic carbocycles. The first-order chi connectivity index (χ1) is 14.2. The summed E-state index contributed by atoms with van der Waals surface area (Å²) in [5.74, 6) is 0.856. The van der Waals surface area contributed by atoms with E-state index in [1.54, 1.807) is 25.1 Å². The fourth-order valence-corrected chi connectivity index (χ4v) is 4.22. The largest absolute Gasteiger partial charge is 0.490 e. The van der Waals surface area contributed by atoms with Gasteiger partial charge < -0.3 is 14.8 Å². The lowest BCUT2D eigenvalue weighted by atomic mass is 10.2. The first kappa shape index (κ1) is 23.5. The lowest BCUT2D eigenvalue weighted by molar-refractivity contribution is -0.122. The van der Waals surface area contributed by atoms with Crippen LogP contribution in [0.25, 0.3) is 0 Å². The van der Waals surface area contributed by atoms with Gasteiger partial charge in [0, 0.05) is 6.54 Å². The molecule has 0 saturated heterocycles. The van der Waals surface area contributed by atoms with E-state index in [-0.39, 0.29) is 6.54 Å². The Balaban J connectivity index is 2.15. The third kappa shape index (κ3) is 6.13. The van der Waals surface area contributed by atoms with Crippen LogP contribution in [0.3, 0.4) is 0 Å². The van der Waals surface area contributed by atoms with Crippen LogP contribution in [-0.4, -0.2) is 39.8 Å². The van der Waals surface area contributed by atoms with Crippen LogP contribution in [0.2, 0.25) is 0 Å². The maximum atomic E-state index is 12.8. The molecule has 1 amide bonds. The first-order valence-corrected chi connectivity index (χ1v) is 11.7. The molecule has 0 aliphatic heterocycles. The lowest BCUT2D eigenvalue weighted by Gasteiger charge is -2.28. The summed E-state index contributed by atoms with van der Waals surface area (Å²) in [5, 5.41) is 2.81. The molecule has 1 atom stereocenters. The van der Waals surface area contributed by atoms with Crippen LogP contribution in [0.5, 0.6) is 11.5 Å². The van der Waals surface area contributed by atoms with Gasteiger partial charge in [-0.1, -0.05) is 23.8 Å². The van der Waals surface area contributed by atoms with Crippen molar-refractivity contribution in [3.05, 3.63) is 53.6 Å². The van der Waals surface area contributed by atoms with Gasteiger partial charge in [0.1, 0.15) is 6.04 Å². The fourth-order valence-electron chi connectivity index (χ4n) is 3.04. The molecular weight excluding hydrogens is 404 g/mol. The highest BCUT2D eigenvalue weighted by Crippen LogP contribution is 2.28. The van der Waals surface area contributed by atoms with Gasteiger partial charge in [0.05, 0.1) is 25.2 Å². The number of aryl methyl sites for hydroxylation is 1. The molecule has 2 rings (SSSR count). The second-order valence-corrected chi connectivity index (χ2v) is 8.79. The average molecular weight is 435 g/mol. The third-order valence-electron chi connectivity index (χ3n) is 4.45. The van der Waals surface area contributed by atoms with E-state index in [4.69, 9.17) is 9.47 Å². The number of amides is 1. The van der Waals surface area contributed by atoms with Crippen molar-refractivity contribution in [2.75, 3.05) is 23.8 Å². The summed E-state index contributed by atoms with van der Waals surface area (Å²) in [4.78, 5) is 12.8. The van der Waals surface area contributed by atoms with Crippen molar-refractivity contribution in [3.8, 4) is 11.5 Å². The molecule has 0 aliphatic rings. The SMILES string of the molecule is CCOc1ccc(CNC(=O)C(C)N(c2ccc(C)cc2)S(C)(=O)=O)cc1OCC. The van der Waals surface area contributed by atoms with Crippen LogP contribution >= 0.6 is 0 Å². The minimum absolute atomic E-state index is 0.237. The maximum absolute atomic E-state index is 12.8. The molecule has 0 fully saturated rings. The molecule has 0 saturated carbocycles. The summed E-state index contributed by atoms with van der Waals surface area (Å²) >= 11 is 0. The number of anilines is 1. The minimum atomic E-state index is -3.65. The highest BCUT2D eigenvalue weighted by molar-refractivity contribution is 7.92. The van der Waals surface area contributed by atoms with E-state index < -0.39 is 22.0 Å². The van der Waals surface area contributed by atoms with E-state index in [9.17, 15) is 13.2 Å². The van der Waals surface area contributed by atoms with Gasteiger partial charge >= 0.3 is 0 Å². The number of carbonyl (C=O) groups is 1. The molecule has 2 aromatic carbocycles. The summed E-state index contributed by atoms with van der Waals surface area (Å²) in [7, 11) is -3.65. The van der Waals surface area contributed by atoms with E-state index in [0.717, 1.165) is 21.7 Å². The molecule has 0 aromatic heterocycles. The monoisotopic (exact) mass is 434 g/mol. The van der Waals surface area contributed by atoms with Gasteiger partial charge in [-0.15, -0.1) is 0 Å². The van der Waals surface area contributed by atoms with Crippen LogP contribution in [0.1, 0.15) is 31.9 Å². The summed E-state index contributed by atoms with van der Waals surface area (Å²) < 4.78 is 37.0. The van der Waals surface area contributed by atoms with Crippen LogP contribution in [0.15, 0.2) is 42.5 Å². The zero-order valence-electron chi connectivity index (χ0n) is 18.1. The molecule has 2 aromatic rings.